The number of aromatic nitrogens is 2. The predicted octanol–water partition coefficient (Wildman–Crippen LogP) is 7.02. The Morgan fingerprint density at radius 2 is 1.82 bits per heavy atom. The second-order valence-corrected chi connectivity index (χ2v) is 10.4. The third kappa shape index (κ3) is 5.57. The van der Waals surface area contributed by atoms with Crippen LogP contribution in [0.15, 0.2) is 36.4 Å². The van der Waals surface area contributed by atoms with Crippen LogP contribution in [-0.2, 0) is 5.60 Å². The minimum absolute atomic E-state index is 0. The highest BCUT2D eigenvalue weighted by Gasteiger charge is 2.42. The Labute approximate surface area is 235 Å². The zero-order valence-electron chi connectivity index (χ0n) is 20.8. The van der Waals surface area contributed by atoms with Gasteiger partial charge in [-0.25, -0.2) is 9.69 Å². The van der Waals surface area contributed by atoms with E-state index in [2.05, 4.69) is 10.2 Å². The number of alkyl halides is 2. The zero-order chi connectivity index (χ0) is 26.3. The average molecular weight is 588 g/mol. The first-order chi connectivity index (χ1) is 17.6. The summed E-state index contributed by atoms with van der Waals surface area (Å²) in [5.41, 5.74) is 4.36. The topological polar surface area (TPSA) is 68.6 Å². The van der Waals surface area contributed by atoms with Crippen LogP contribution in [0.1, 0.15) is 55.6 Å². The Bertz CT molecular complexity index is 1340. The molecule has 2 aliphatic rings. The van der Waals surface area contributed by atoms with Crippen molar-refractivity contribution in [1.29, 1.82) is 0 Å². The van der Waals surface area contributed by atoms with E-state index in [-0.39, 0.29) is 29.8 Å². The molecule has 0 spiro atoms. The maximum atomic E-state index is 13.6. The number of hydrazine groups is 1. The Morgan fingerprint density at radius 1 is 1.11 bits per heavy atom. The number of nitrogens with zero attached hydrogens (tertiary/aromatic N) is 3. The van der Waals surface area contributed by atoms with Gasteiger partial charge in [-0.05, 0) is 57.0 Å². The number of carbonyl (C=O) groups is 1. The molecule has 0 aliphatic carbocycles. The molecule has 1 fully saturated rings. The van der Waals surface area contributed by atoms with Gasteiger partial charge < -0.3 is 9.47 Å². The van der Waals surface area contributed by atoms with Crippen molar-refractivity contribution in [3.8, 4) is 28.4 Å². The van der Waals surface area contributed by atoms with Gasteiger partial charge in [0, 0.05) is 29.7 Å². The number of rotatable bonds is 5. The van der Waals surface area contributed by atoms with Crippen molar-refractivity contribution >= 4 is 41.5 Å². The second kappa shape index (κ2) is 11.3. The summed E-state index contributed by atoms with van der Waals surface area (Å²) < 4.78 is 38.1. The van der Waals surface area contributed by atoms with Gasteiger partial charge in [0.15, 0.2) is 5.69 Å². The molecule has 3 heterocycles. The molecule has 12 heteroatoms. The Kier molecular flexibility index (Phi) is 8.42. The number of carbonyl (C=O) groups excluding carboxylic acids is 1. The molecule has 3 aromatic rings. The van der Waals surface area contributed by atoms with E-state index in [9.17, 15) is 13.6 Å². The molecule has 1 N–H and O–H groups in total. The summed E-state index contributed by atoms with van der Waals surface area (Å²) in [5.74, 6) is -0.0798. The Hall–Kier alpha value is -2.59. The van der Waals surface area contributed by atoms with E-state index in [1.165, 1.54) is 12.1 Å². The maximum Gasteiger partial charge on any atom is 0.387 e. The number of nitrogens with one attached hydrogen (secondary N) is 1. The third-order valence-electron chi connectivity index (χ3n) is 6.50. The van der Waals surface area contributed by atoms with E-state index < -0.39 is 12.2 Å². The number of hydrogen-bond donors (Lipinski definition) is 1. The van der Waals surface area contributed by atoms with Crippen LogP contribution in [-0.4, -0.2) is 40.4 Å². The minimum Gasteiger partial charge on any atom is -0.482 e. The standard InChI is InChI=1S/C26H26Cl2F2N4O3.ClH/c1-26(2)21-22(24(35)32-33-11-5-3-4-6-12-33)31-34(19-10-7-15(27)13-18(19)28)23(21)17-9-8-16(36-25(29)30)14-20(17)37-26;/h7-10,13-14,25H,3-6,11-12H2,1-2H3,(H,32,35);1H. The van der Waals surface area contributed by atoms with E-state index in [4.69, 9.17) is 33.0 Å². The highest BCUT2D eigenvalue weighted by molar-refractivity contribution is 6.35. The second-order valence-electron chi connectivity index (χ2n) is 9.57. The summed E-state index contributed by atoms with van der Waals surface area (Å²) in [6, 6.07) is 9.43. The van der Waals surface area contributed by atoms with Gasteiger partial charge in [0.1, 0.15) is 17.1 Å². The highest BCUT2D eigenvalue weighted by atomic mass is 35.5. The molecule has 2 aromatic carbocycles. The Balaban J connectivity index is 0.00000336. The molecule has 0 bridgehead atoms. The summed E-state index contributed by atoms with van der Waals surface area (Å²) in [6.45, 7) is 2.14. The van der Waals surface area contributed by atoms with Gasteiger partial charge in [-0.2, -0.15) is 13.9 Å². The van der Waals surface area contributed by atoms with Crippen LogP contribution in [0.2, 0.25) is 10.0 Å². The molecular weight excluding hydrogens is 561 g/mol. The van der Waals surface area contributed by atoms with Gasteiger partial charge in [-0.1, -0.05) is 36.0 Å². The van der Waals surface area contributed by atoms with E-state index in [1.54, 1.807) is 42.8 Å². The van der Waals surface area contributed by atoms with Gasteiger partial charge in [-0.3, -0.25) is 10.2 Å². The lowest BCUT2D eigenvalue weighted by molar-refractivity contribution is -0.0500. The normalized spacial score (nSPS) is 16.5. The Morgan fingerprint density at radius 3 is 2.47 bits per heavy atom. The summed E-state index contributed by atoms with van der Waals surface area (Å²) in [4.78, 5) is 13.6. The van der Waals surface area contributed by atoms with Crippen LogP contribution in [0.4, 0.5) is 8.78 Å². The summed E-state index contributed by atoms with van der Waals surface area (Å²) >= 11 is 12.7. The van der Waals surface area contributed by atoms with Crippen LogP contribution >= 0.6 is 35.6 Å². The molecule has 38 heavy (non-hydrogen) atoms. The fourth-order valence-corrected chi connectivity index (χ4v) is 5.38. The molecule has 2 aliphatic heterocycles. The average Bonchev–Trinajstić information content (AvgIpc) is 3.04. The van der Waals surface area contributed by atoms with Gasteiger partial charge in [0.05, 0.1) is 22.0 Å². The van der Waals surface area contributed by atoms with Crippen molar-refractivity contribution < 1.29 is 23.0 Å². The number of amides is 1. The van der Waals surface area contributed by atoms with Gasteiger partial charge in [0.25, 0.3) is 5.91 Å². The first kappa shape index (κ1) is 28.4. The van der Waals surface area contributed by atoms with Crippen molar-refractivity contribution in [3.63, 3.8) is 0 Å². The van der Waals surface area contributed by atoms with Crippen molar-refractivity contribution in [2.75, 3.05) is 13.1 Å². The lowest BCUT2D eigenvalue weighted by atomic mass is 9.88. The molecule has 1 aromatic heterocycles. The highest BCUT2D eigenvalue weighted by Crippen LogP contribution is 2.49. The molecule has 0 saturated carbocycles. The van der Waals surface area contributed by atoms with Crippen molar-refractivity contribution in [1.82, 2.24) is 20.2 Å². The van der Waals surface area contributed by atoms with Gasteiger partial charge in [0.2, 0.25) is 0 Å². The van der Waals surface area contributed by atoms with E-state index in [0.717, 1.165) is 38.8 Å². The van der Waals surface area contributed by atoms with Crippen LogP contribution < -0.4 is 14.9 Å². The van der Waals surface area contributed by atoms with Crippen LogP contribution in [0.3, 0.4) is 0 Å². The molecule has 204 valence electrons. The third-order valence-corrected chi connectivity index (χ3v) is 7.04. The number of fused-ring (bicyclic) bond motifs is 3. The molecule has 5 rings (SSSR count). The number of hydrogen-bond acceptors (Lipinski definition) is 5. The number of ether oxygens (including phenoxy) is 2. The lowest BCUT2D eigenvalue weighted by Crippen LogP contribution is -2.44. The molecule has 0 atom stereocenters. The summed E-state index contributed by atoms with van der Waals surface area (Å²) in [5, 5.41) is 7.44. The molecular formula is C26H27Cl3F2N4O3. The van der Waals surface area contributed by atoms with Crippen molar-refractivity contribution in [2.24, 2.45) is 0 Å². The molecule has 1 amide bonds. The van der Waals surface area contributed by atoms with Crippen LogP contribution in [0, 0.1) is 0 Å². The largest absolute Gasteiger partial charge is 0.482 e. The van der Waals surface area contributed by atoms with Gasteiger partial charge >= 0.3 is 6.61 Å². The van der Waals surface area contributed by atoms with E-state index >= 15 is 0 Å². The van der Waals surface area contributed by atoms with Crippen molar-refractivity contribution in [2.45, 2.75) is 51.7 Å². The maximum absolute atomic E-state index is 13.6. The zero-order valence-corrected chi connectivity index (χ0v) is 23.1. The number of halogens is 5. The number of benzene rings is 2. The van der Waals surface area contributed by atoms with Crippen LogP contribution in [0.5, 0.6) is 11.5 Å². The fourth-order valence-electron chi connectivity index (χ4n) is 4.89. The summed E-state index contributed by atoms with van der Waals surface area (Å²) in [6.07, 6.45) is 4.25. The molecule has 0 radical (unpaired) electrons. The molecule has 1 saturated heterocycles. The van der Waals surface area contributed by atoms with E-state index in [1.807, 2.05) is 5.01 Å². The van der Waals surface area contributed by atoms with Crippen LogP contribution in [0.25, 0.3) is 16.9 Å². The summed E-state index contributed by atoms with van der Waals surface area (Å²) in [7, 11) is 0. The predicted molar refractivity (Wildman–Crippen MR) is 144 cm³/mol. The van der Waals surface area contributed by atoms with Gasteiger partial charge in [-0.15, -0.1) is 12.4 Å². The SMILES string of the molecule is CC1(C)Oc2cc(OC(F)F)ccc2-c2c1c(C(=O)NN1CCCCCC1)nn2-c1ccc(Cl)cc1Cl.Cl. The minimum atomic E-state index is -2.97. The van der Waals surface area contributed by atoms with E-state index in [0.29, 0.717) is 38.3 Å². The van der Waals surface area contributed by atoms with Crippen molar-refractivity contribution in [3.05, 3.63) is 57.7 Å². The smallest absolute Gasteiger partial charge is 0.387 e. The molecule has 7 nitrogen and oxygen atoms in total. The first-order valence-corrected chi connectivity index (χ1v) is 12.8. The fraction of sp³-hybridized carbons (Fsp3) is 0.385. The first-order valence-electron chi connectivity index (χ1n) is 12.1. The molecule has 0 unspecified atom stereocenters. The monoisotopic (exact) mass is 586 g/mol. The lowest BCUT2D eigenvalue weighted by Gasteiger charge is -2.34. The quantitative estimate of drug-likeness (QED) is 0.348.